The van der Waals surface area contributed by atoms with Crippen LogP contribution in [0.25, 0.3) is 5.82 Å². The lowest BCUT2D eigenvalue weighted by Gasteiger charge is -2.20. The summed E-state index contributed by atoms with van der Waals surface area (Å²) in [5, 5.41) is 7.80. The van der Waals surface area contributed by atoms with Crippen molar-refractivity contribution in [2.24, 2.45) is 0 Å². The fraction of sp³-hybridized carbons (Fsp3) is 0.562. The van der Waals surface area contributed by atoms with Crippen LogP contribution in [0.15, 0.2) is 0 Å². The van der Waals surface area contributed by atoms with Crippen LogP contribution in [0.4, 0.5) is 5.82 Å². The van der Waals surface area contributed by atoms with E-state index in [1.54, 1.807) is 0 Å². The summed E-state index contributed by atoms with van der Waals surface area (Å²) in [5.41, 5.74) is 4.26. The first-order valence-electron chi connectivity index (χ1n) is 7.27. The van der Waals surface area contributed by atoms with E-state index < -0.39 is 0 Å². The monoisotopic (exact) mass is 287 g/mol. The minimum absolute atomic E-state index is 0.112. The maximum absolute atomic E-state index is 4.79. The van der Waals surface area contributed by atoms with E-state index in [1.807, 2.05) is 25.6 Å². The number of anilines is 1. The van der Waals surface area contributed by atoms with Crippen molar-refractivity contribution in [2.75, 3.05) is 12.4 Å². The third-order valence-corrected chi connectivity index (χ3v) is 3.88. The maximum atomic E-state index is 4.79. The first kappa shape index (κ1) is 15.5. The molecular formula is C16H25N5. The van der Waals surface area contributed by atoms with Gasteiger partial charge in [-0.2, -0.15) is 5.10 Å². The van der Waals surface area contributed by atoms with Crippen LogP contribution in [-0.4, -0.2) is 26.8 Å². The second kappa shape index (κ2) is 5.13. The summed E-state index contributed by atoms with van der Waals surface area (Å²) < 4.78 is 1.93. The molecule has 0 aromatic carbocycles. The number of nitrogens with one attached hydrogen (secondary N) is 1. The van der Waals surface area contributed by atoms with Crippen LogP contribution in [0, 0.1) is 27.7 Å². The Balaban J connectivity index is 2.75. The van der Waals surface area contributed by atoms with E-state index in [1.165, 1.54) is 5.56 Å². The van der Waals surface area contributed by atoms with E-state index in [0.29, 0.717) is 0 Å². The van der Waals surface area contributed by atoms with Gasteiger partial charge in [0.15, 0.2) is 5.82 Å². The fourth-order valence-corrected chi connectivity index (χ4v) is 2.22. The molecule has 5 nitrogen and oxygen atoms in total. The number of hydrogen-bond acceptors (Lipinski definition) is 4. The van der Waals surface area contributed by atoms with Gasteiger partial charge in [-0.05, 0) is 33.3 Å². The van der Waals surface area contributed by atoms with E-state index >= 15 is 0 Å². The van der Waals surface area contributed by atoms with Crippen molar-refractivity contribution in [3.8, 4) is 5.82 Å². The van der Waals surface area contributed by atoms with Gasteiger partial charge in [0.05, 0.1) is 5.69 Å². The number of hydrogen-bond donors (Lipinski definition) is 1. The molecule has 0 saturated carbocycles. The SMILES string of the molecule is CNc1nc(C(C)(C)C)nc(-n2nc(C)c(C)c2C)c1C. The molecule has 0 aliphatic carbocycles. The lowest BCUT2D eigenvalue weighted by molar-refractivity contribution is 0.541. The summed E-state index contributed by atoms with van der Waals surface area (Å²) in [4.78, 5) is 9.43. The van der Waals surface area contributed by atoms with Crippen molar-refractivity contribution in [2.45, 2.75) is 53.9 Å². The molecule has 5 heteroatoms. The predicted molar refractivity (Wildman–Crippen MR) is 86.3 cm³/mol. The molecule has 2 heterocycles. The average Bonchev–Trinajstić information content (AvgIpc) is 2.65. The molecule has 0 radical (unpaired) electrons. The van der Waals surface area contributed by atoms with E-state index in [9.17, 15) is 0 Å². The van der Waals surface area contributed by atoms with Gasteiger partial charge >= 0.3 is 0 Å². The Kier molecular flexibility index (Phi) is 3.78. The second-order valence-electron chi connectivity index (χ2n) is 6.55. The average molecular weight is 287 g/mol. The van der Waals surface area contributed by atoms with Gasteiger partial charge in [-0.1, -0.05) is 20.8 Å². The van der Waals surface area contributed by atoms with Crippen LogP contribution < -0.4 is 5.32 Å². The summed E-state index contributed by atoms with van der Waals surface area (Å²) in [7, 11) is 1.89. The smallest absolute Gasteiger partial charge is 0.162 e. The van der Waals surface area contributed by atoms with Crippen molar-refractivity contribution in [3.05, 3.63) is 28.3 Å². The molecule has 0 aliphatic rings. The highest BCUT2D eigenvalue weighted by Crippen LogP contribution is 2.26. The van der Waals surface area contributed by atoms with Crippen LogP contribution in [0.1, 0.15) is 49.1 Å². The Hall–Kier alpha value is -1.91. The molecule has 2 rings (SSSR count). The van der Waals surface area contributed by atoms with Gasteiger partial charge in [0.25, 0.3) is 0 Å². The maximum Gasteiger partial charge on any atom is 0.162 e. The molecule has 21 heavy (non-hydrogen) atoms. The second-order valence-corrected chi connectivity index (χ2v) is 6.55. The topological polar surface area (TPSA) is 55.6 Å². The normalized spacial score (nSPS) is 11.8. The van der Waals surface area contributed by atoms with Crippen LogP contribution in [0.5, 0.6) is 0 Å². The molecule has 0 bridgehead atoms. The van der Waals surface area contributed by atoms with Crippen molar-refractivity contribution in [3.63, 3.8) is 0 Å². The van der Waals surface area contributed by atoms with E-state index in [2.05, 4.69) is 50.0 Å². The number of nitrogens with zero attached hydrogens (tertiary/aromatic N) is 4. The zero-order valence-corrected chi connectivity index (χ0v) is 14.3. The fourth-order valence-electron chi connectivity index (χ4n) is 2.22. The van der Waals surface area contributed by atoms with Gasteiger partial charge in [-0.15, -0.1) is 0 Å². The van der Waals surface area contributed by atoms with Gasteiger partial charge in [-0.25, -0.2) is 14.6 Å². The molecule has 1 N–H and O–H groups in total. The Morgan fingerprint density at radius 3 is 2.00 bits per heavy atom. The third-order valence-electron chi connectivity index (χ3n) is 3.88. The number of aryl methyl sites for hydroxylation is 1. The minimum Gasteiger partial charge on any atom is -0.373 e. The molecule has 2 aromatic rings. The standard InChI is InChI=1S/C16H25N5/c1-9-11(3)20-21(12(9)4)14-10(2)13(17-8)18-15(19-14)16(5,6)7/h1-8H3,(H,17,18,19). The van der Waals surface area contributed by atoms with Crippen LogP contribution in [0.3, 0.4) is 0 Å². The van der Waals surface area contributed by atoms with Gasteiger partial charge in [0.1, 0.15) is 11.6 Å². The van der Waals surface area contributed by atoms with Gasteiger partial charge in [0.2, 0.25) is 0 Å². The Labute approximate surface area is 126 Å². The van der Waals surface area contributed by atoms with Gasteiger partial charge < -0.3 is 5.32 Å². The molecule has 0 unspecified atom stereocenters. The summed E-state index contributed by atoms with van der Waals surface area (Å²) in [5.74, 6) is 2.53. The van der Waals surface area contributed by atoms with Crippen LogP contribution in [-0.2, 0) is 5.41 Å². The first-order chi connectivity index (χ1) is 9.66. The lowest BCUT2D eigenvalue weighted by Crippen LogP contribution is -2.20. The quantitative estimate of drug-likeness (QED) is 0.921. The predicted octanol–water partition coefficient (Wildman–Crippen LogP) is 3.24. The molecular weight excluding hydrogens is 262 g/mol. The van der Waals surface area contributed by atoms with E-state index in [0.717, 1.165) is 34.4 Å². The Morgan fingerprint density at radius 1 is 0.952 bits per heavy atom. The first-order valence-corrected chi connectivity index (χ1v) is 7.27. The molecule has 0 fully saturated rings. The summed E-state index contributed by atoms with van der Waals surface area (Å²) in [6, 6.07) is 0. The highest BCUT2D eigenvalue weighted by atomic mass is 15.3. The zero-order chi connectivity index (χ0) is 15.9. The molecule has 2 aromatic heterocycles. The van der Waals surface area contributed by atoms with Crippen molar-refractivity contribution in [1.82, 2.24) is 19.7 Å². The molecule has 0 amide bonds. The number of rotatable bonds is 2. The van der Waals surface area contributed by atoms with Gasteiger partial charge in [0, 0.05) is 23.7 Å². The zero-order valence-electron chi connectivity index (χ0n) is 14.3. The Morgan fingerprint density at radius 2 is 1.57 bits per heavy atom. The molecule has 114 valence electrons. The van der Waals surface area contributed by atoms with Gasteiger partial charge in [-0.3, -0.25) is 0 Å². The summed E-state index contributed by atoms with van der Waals surface area (Å²) in [6.07, 6.45) is 0. The van der Waals surface area contributed by atoms with E-state index in [-0.39, 0.29) is 5.41 Å². The highest BCUT2D eigenvalue weighted by Gasteiger charge is 2.23. The third kappa shape index (κ3) is 2.64. The summed E-state index contributed by atoms with van der Waals surface area (Å²) in [6.45, 7) is 14.6. The minimum atomic E-state index is -0.112. The van der Waals surface area contributed by atoms with Crippen molar-refractivity contribution < 1.29 is 0 Å². The molecule has 0 atom stereocenters. The van der Waals surface area contributed by atoms with Crippen molar-refractivity contribution >= 4 is 5.82 Å². The largest absolute Gasteiger partial charge is 0.373 e. The summed E-state index contributed by atoms with van der Waals surface area (Å²) >= 11 is 0. The molecule has 0 spiro atoms. The van der Waals surface area contributed by atoms with Crippen molar-refractivity contribution in [1.29, 1.82) is 0 Å². The number of aromatic nitrogens is 4. The van der Waals surface area contributed by atoms with E-state index in [4.69, 9.17) is 4.98 Å². The van der Waals surface area contributed by atoms with Crippen LogP contribution >= 0.6 is 0 Å². The Bertz CT molecular complexity index is 677. The highest BCUT2D eigenvalue weighted by molar-refractivity contribution is 5.52. The van der Waals surface area contributed by atoms with Crippen LogP contribution in [0.2, 0.25) is 0 Å². The molecule has 0 aliphatic heterocycles. The lowest BCUT2D eigenvalue weighted by atomic mass is 9.95. The molecule has 0 saturated heterocycles.